The number of aliphatic hydroxyl groups is 11. The topological polar surface area (TPSA) is 288 Å². The molecule has 6 unspecified atom stereocenters. The fraction of sp³-hybridized carbons (Fsp3) is 0.708. The number of aliphatic hydroxyl groups excluding tert-OH is 11. The Morgan fingerprint density at radius 3 is 2.14 bits per heavy atom. The van der Waals surface area contributed by atoms with E-state index in [-0.39, 0.29) is 16.9 Å². The first-order valence-corrected chi connectivity index (χ1v) is 13.0. The van der Waals surface area contributed by atoms with Gasteiger partial charge in [0.15, 0.2) is 12.6 Å². The first kappa shape index (κ1) is 32.9. The van der Waals surface area contributed by atoms with Crippen LogP contribution in [-0.4, -0.2) is 166 Å². The number of benzene rings is 1. The van der Waals surface area contributed by atoms with Gasteiger partial charge in [-0.1, -0.05) is 0 Å². The third kappa shape index (κ3) is 6.58. The van der Waals surface area contributed by atoms with Crippen LogP contribution < -0.4 is 0 Å². The lowest BCUT2D eigenvalue weighted by Crippen LogP contribution is -2.65. The molecule has 0 aliphatic carbocycles. The Bertz CT molecular complexity index is 1160. The maximum atomic E-state index is 13.5. The Morgan fingerprint density at radius 2 is 1.50 bits per heavy atom. The van der Waals surface area contributed by atoms with Gasteiger partial charge in [-0.2, -0.15) is 0 Å². The highest BCUT2D eigenvalue weighted by Gasteiger charge is 2.52. The average Bonchev–Trinajstić information content (AvgIpc) is 3.41. The molecule has 0 spiro atoms. The third-order valence-electron chi connectivity index (χ3n) is 7.22. The van der Waals surface area contributed by atoms with Crippen molar-refractivity contribution in [2.45, 2.75) is 85.8 Å². The summed E-state index contributed by atoms with van der Waals surface area (Å²) in [7, 11) is 0. The Hall–Kier alpha value is -1.98. The van der Waals surface area contributed by atoms with E-state index in [2.05, 4.69) is 9.97 Å². The quantitative estimate of drug-likeness (QED) is 0.113. The summed E-state index contributed by atoms with van der Waals surface area (Å²) in [4.78, 5) is 6.66. The van der Waals surface area contributed by atoms with Gasteiger partial charge in [-0.15, -0.1) is 0 Å². The number of rotatable bonds is 11. The summed E-state index contributed by atoms with van der Waals surface area (Å²) in [5, 5.41) is 112. The molecule has 1 aromatic heterocycles. The van der Waals surface area contributed by atoms with Gasteiger partial charge in [0.25, 0.3) is 0 Å². The average molecular weight is 611 g/mol. The van der Waals surface area contributed by atoms with Gasteiger partial charge in [-0.3, -0.25) is 0 Å². The minimum absolute atomic E-state index is 0.182. The van der Waals surface area contributed by atoms with Crippen molar-refractivity contribution in [3.63, 3.8) is 0 Å². The van der Waals surface area contributed by atoms with Crippen molar-refractivity contribution < 1.29 is 79.5 Å². The molecule has 17 nitrogen and oxygen atoms in total. The zero-order chi connectivity index (χ0) is 30.9. The van der Waals surface area contributed by atoms with Gasteiger partial charge in [-0.25, -0.2) is 9.37 Å². The summed E-state index contributed by atoms with van der Waals surface area (Å²) in [6, 6.07) is 3.52. The SMILES string of the molecule is OCC1O[C@H](O[C@@H]2C(CO)O[C@H](O[C@H](C(O)CO)[C@H](O)C(O)c3nc4ccc(F)cc4[nH]3)C(O)[C@H]2O)C(O)[C@@H](O)[C@@H]1O. The molecule has 18 heteroatoms. The molecule has 14 atom stereocenters. The number of fused-ring (bicyclic) bond motifs is 1. The number of H-pyrrole nitrogens is 1. The van der Waals surface area contributed by atoms with E-state index in [9.17, 15) is 60.6 Å². The number of nitrogens with one attached hydrogen (secondary N) is 1. The van der Waals surface area contributed by atoms with Crippen molar-refractivity contribution in [1.29, 1.82) is 0 Å². The number of hydrogen-bond donors (Lipinski definition) is 12. The zero-order valence-electron chi connectivity index (χ0n) is 21.8. The van der Waals surface area contributed by atoms with Gasteiger partial charge < -0.3 is 80.1 Å². The van der Waals surface area contributed by atoms with Crippen molar-refractivity contribution in [3.8, 4) is 0 Å². The first-order chi connectivity index (χ1) is 19.9. The summed E-state index contributed by atoms with van der Waals surface area (Å²) < 4.78 is 35.2. The van der Waals surface area contributed by atoms with Crippen molar-refractivity contribution >= 4 is 11.0 Å². The highest BCUT2D eigenvalue weighted by atomic mass is 19.1. The van der Waals surface area contributed by atoms with Crippen LogP contribution in [0.1, 0.15) is 11.9 Å². The molecule has 42 heavy (non-hydrogen) atoms. The van der Waals surface area contributed by atoms with E-state index in [0.29, 0.717) is 0 Å². The lowest BCUT2D eigenvalue weighted by Gasteiger charge is -2.46. The number of aromatic amines is 1. The van der Waals surface area contributed by atoms with E-state index in [1.807, 2.05) is 0 Å². The lowest BCUT2D eigenvalue weighted by molar-refractivity contribution is -0.368. The Balaban J connectivity index is 1.49. The fourth-order valence-corrected chi connectivity index (χ4v) is 4.81. The molecule has 0 amide bonds. The van der Waals surface area contributed by atoms with Crippen LogP contribution in [0.25, 0.3) is 11.0 Å². The van der Waals surface area contributed by atoms with E-state index < -0.39 is 111 Å². The van der Waals surface area contributed by atoms with Crippen molar-refractivity contribution in [2.24, 2.45) is 0 Å². The molecule has 2 aliphatic heterocycles. The van der Waals surface area contributed by atoms with Crippen LogP contribution in [0.15, 0.2) is 18.2 Å². The van der Waals surface area contributed by atoms with E-state index in [4.69, 9.17) is 18.9 Å². The number of aromatic nitrogens is 2. The van der Waals surface area contributed by atoms with Crippen LogP contribution in [0, 0.1) is 5.82 Å². The van der Waals surface area contributed by atoms with Gasteiger partial charge in [0, 0.05) is 0 Å². The monoisotopic (exact) mass is 610 g/mol. The molecule has 2 aromatic rings. The predicted molar refractivity (Wildman–Crippen MR) is 131 cm³/mol. The Kier molecular flexibility index (Phi) is 10.8. The van der Waals surface area contributed by atoms with Gasteiger partial charge >= 0.3 is 0 Å². The van der Waals surface area contributed by atoms with Crippen LogP contribution >= 0.6 is 0 Å². The fourth-order valence-electron chi connectivity index (χ4n) is 4.81. The molecule has 238 valence electrons. The Morgan fingerprint density at radius 1 is 0.857 bits per heavy atom. The summed E-state index contributed by atoms with van der Waals surface area (Å²) in [5.74, 6) is -0.855. The standard InChI is InChI=1S/C24H35FN2O15/c25-7-1-2-8-9(3-7)27-22(26-8)17(36)15(34)20(10(31)4-28)41-24-19(38)16(35)21(12(6-30)40-24)42-23-18(37)14(33)13(32)11(5-29)39-23/h1-3,10-21,23-24,28-38H,4-6H2,(H,26,27)/t10?,11?,12?,13-,14+,15-,16-,17?,18?,19?,20-,21-,23-,24-/m1/s1. The molecule has 2 fully saturated rings. The van der Waals surface area contributed by atoms with E-state index in [0.717, 1.165) is 12.1 Å². The summed E-state index contributed by atoms with van der Waals surface area (Å²) >= 11 is 0. The summed E-state index contributed by atoms with van der Waals surface area (Å²) in [6.07, 6.45) is -25.4. The van der Waals surface area contributed by atoms with Crippen LogP contribution in [-0.2, 0) is 18.9 Å². The second-order valence-electron chi connectivity index (χ2n) is 10.1. The van der Waals surface area contributed by atoms with Crippen LogP contribution in [0.3, 0.4) is 0 Å². The molecule has 0 saturated carbocycles. The zero-order valence-corrected chi connectivity index (χ0v) is 21.8. The van der Waals surface area contributed by atoms with E-state index in [1.54, 1.807) is 0 Å². The van der Waals surface area contributed by atoms with Gasteiger partial charge in [0.05, 0.1) is 30.9 Å². The number of hydrogen-bond acceptors (Lipinski definition) is 16. The highest BCUT2D eigenvalue weighted by molar-refractivity contribution is 5.75. The largest absolute Gasteiger partial charge is 0.394 e. The van der Waals surface area contributed by atoms with Crippen molar-refractivity contribution in [1.82, 2.24) is 9.97 Å². The Labute approximate surface area is 236 Å². The van der Waals surface area contributed by atoms with Crippen molar-refractivity contribution in [3.05, 3.63) is 29.8 Å². The van der Waals surface area contributed by atoms with Gasteiger partial charge in [0.2, 0.25) is 0 Å². The number of nitrogens with zero attached hydrogens (tertiary/aromatic N) is 1. The molecule has 3 heterocycles. The minimum atomic E-state index is -2.05. The summed E-state index contributed by atoms with van der Waals surface area (Å²) in [6.45, 7) is -2.67. The van der Waals surface area contributed by atoms with Gasteiger partial charge in [-0.05, 0) is 18.2 Å². The maximum Gasteiger partial charge on any atom is 0.187 e. The normalized spacial score (nSPS) is 37.0. The second kappa shape index (κ2) is 13.8. The van der Waals surface area contributed by atoms with Crippen LogP contribution in [0.5, 0.6) is 0 Å². The second-order valence-corrected chi connectivity index (χ2v) is 10.1. The minimum Gasteiger partial charge on any atom is -0.394 e. The lowest BCUT2D eigenvalue weighted by atomic mass is 9.96. The smallest absolute Gasteiger partial charge is 0.187 e. The first-order valence-electron chi connectivity index (χ1n) is 13.0. The number of imidazole rings is 1. The highest BCUT2D eigenvalue weighted by Crippen LogP contribution is 2.31. The molecule has 2 aliphatic rings. The molecule has 2 saturated heterocycles. The molecular weight excluding hydrogens is 575 g/mol. The predicted octanol–water partition coefficient (Wildman–Crippen LogP) is -5.54. The van der Waals surface area contributed by atoms with Gasteiger partial charge in [0.1, 0.15) is 84.9 Å². The third-order valence-corrected chi connectivity index (χ3v) is 7.22. The number of halogens is 1. The molecule has 0 radical (unpaired) electrons. The number of ether oxygens (including phenoxy) is 4. The summed E-state index contributed by atoms with van der Waals surface area (Å²) in [5.41, 5.74) is 0.421. The molecular formula is C24H35FN2O15. The molecule has 4 rings (SSSR count). The molecule has 1 aromatic carbocycles. The van der Waals surface area contributed by atoms with E-state index >= 15 is 0 Å². The molecule has 0 bridgehead atoms. The van der Waals surface area contributed by atoms with E-state index in [1.165, 1.54) is 6.07 Å². The van der Waals surface area contributed by atoms with Crippen LogP contribution in [0.2, 0.25) is 0 Å². The molecule has 12 N–H and O–H groups in total. The van der Waals surface area contributed by atoms with Crippen LogP contribution in [0.4, 0.5) is 4.39 Å². The maximum absolute atomic E-state index is 13.5. The van der Waals surface area contributed by atoms with Crippen molar-refractivity contribution in [2.75, 3.05) is 19.8 Å².